The molecule has 4 aromatic carbocycles. The highest BCUT2D eigenvalue weighted by atomic mass is 16.5. The van der Waals surface area contributed by atoms with Gasteiger partial charge in [-0.25, -0.2) is 9.97 Å². The number of esters is 2. The number of carbonyl (C=O) groups excluding carboxylic acids is 2. The van der Waals surface area contributed by atoms with Crippen LogP contribution in [0.25, 0.3) is 45.0 Å². The smallest absolute Gasteiger partial charge is 0.314 e. The lowest BCUT2D eigenvalue weighted by atomic mass is 9.82. The summed E-state index contributed by atoms with van der Waals surface area (Å²) in [5, 5.41) is 0. The second-order valence-electron chi connectivity index (χ2n) is 12.0. The number of hydrogen-bond donors (Lipinski definition) is 0. The fourth-order valence-electron chi connectivity index (χ4n) is 6.12. The van der Waals surface area contributed by atoms with Crippen LogP contribution in [-0.4, -0.2) is 21.9 Å². The zero-order valence-corrected chi connectivity index (χ0v) is 26.4. The molecule has 7 rings (SSSR count). The van der Waals surface area contributed by atoms with Crippen LogP contribution in [0.15, 0.2) is 146 Å². The van der Waals surface area contributed by atoms with Gasteiger partial charge in [0, 0.05) is 46.5 Å². The summed E-state index contributed by atoms with van der Waals surface area (Å²) in [6.07, 6.45) is 2.17. The SMILES string of the molecule is O=C(Oc1cc(-c2ccccc2)nc(-c2ccccc2)c1)C1CCC(C(=O)Oc2cc(-c3ccccc3)nc(-c3ccccc3)c2)CC1. The summed E-state index contributed by atoms with van der Waals surface area (Å²) < 4.78 is 12.0. The number of rotatable bonds is 8. The monoisotopic (exact) mass is 630 g/mol. The molecule has 1 fully saturated rings. The maximum Gasteiger partial charge on any atom is 0.314 e. The molecule has 0 unspecified atom stereocenters. The molecule has 6 aromatic rings. The van der Waals surface area contributed by atoms with E-state index in [2.05, 4.69) is 0 Å². The average molecular weight is 631 g/mol. The normalized spacial score (nSPS) is 15.8. The fourth-order valence-corrected chi connectivity index (χ4v) is 6.12. The molecular weight excluding hydrogens is 596 g/mol. The minimum absolute atomic E-state index is 0.291. The lowest BCUT2D eigenvalue weighted by Gasteiger charge is -2.26. The Morgan fingerprint density at radius 2 is 0.667 bits per heavy atom. The summed E-state index contributed by atoms with van der Waals surface area (Å²) in [4.78, 5) is 36.5. The highest BCUT2D eigenvalue weighted by molar-refractivity contribution is 5.80. The lowest BCUT2D eigenvalue weighted by Crippen LogP contribution is -2.30. The van der Waals surface area contributed by atoms with Crippen molar-refractivity contribution in [3.8, 4) is 56.5 Å². The van der Waals surface area contributed by atoms with Gasteiger partial charge in [-0.05, 0) is 25.7 Å². The molecule has 6 heteroatoms. The maximum absolute atomic E-state index is 13.4. The largest absolute Gasteiger partial charge is 0.426 e. The molecule has 236 valence electrons. The van der Waals surface area contributed by atoms with Crippen molar-refractivity contribution in [3.63, 3.8) is 0 Å². The Bertz CT molecular complexity index is 1740. The molecule has 0 amide bonds. The van der Waals surface area contributed by atoms with Gasteiger partial charge in [0.25, 0.3) is 0 Å². The molecule has 0 N–H and O–H groups in total. The predicted octanol–water partition coefficient (Wildman–Crippen LogP) is 9.46. The van der Waals surface area contributed by atoms with E-state index in [9.17, 15) is 9.59 Å². The molecule has 1 saturated carbocycles. The third-order valence-electron chi connectivity index (χ3n) is 8.71. The predicted molar refractivity (Wildman–Crippen MR) is 187 cm³/mol. The first-order chi connectivity index (χ1) is 23.6. The number of benzene rings is 4. The molecule has 2 aromatic heterocycles. The lowest BCUT2D eigenvalue weighted by molar-refractivity contribution is -0.145. The number of aromatic nitrogens is 2. The van der Waals surface area contributed by atoms with Crippen LogP contribution in [0.3, 0.4) is 0 Å². The van der Waals surface area contributed by atoms with Crippen molar-refractivity contribution in [1.82, 2.24) is 9.97 Å². The van der Waals surface area contributed by atoms with Gasteiger partial charge < -0.3 is 9.47 Å². The number of ether oxygens (including phenoxy) is 2. The van der Waals surface area contributed by atoms with Crippen molar-refractivity contribution in [1.29, 1.82) is 0 Å². The summed E-state index contributed by atoms with van der Waals surface area (Å²) in [5.74, 6) is -0.290. The van der Waals surface area contributed by atoms with Crippen LogP contribution < -0.4 is 9.47 Å². The third kappa shape index (κ3) is 7.24. The van der Waals surface area contributed by atoms with Crippen LogP contribution in [0.1, 0.15) is 25.7 Å². The topological polar surface area (TPSA) is 78.4 Å². The zero-order valence-electron chi connectivity index (χ0n) is 26.4. The molecule has 2 heterocycles. The van der Waals surface area contributed by atoms with Crippen molar-refractivity contribution >= 4 is 11.9 Å². The maximum atomic E-state index is 13.4. The molecule has 0 radical (unpaired) electrons. The van der Waals surface area contributed by atoms with E-state index < -0.39 is 0 Å². The van der Waals surface area contributed by atoms with E-state index in [-0.39, 0.29) is 23.8 Å². The van der Waals surface area contributed by atoms with E-state index >= 15 is 0 Å². The minimum Gasteiger partial charge on any atom is -0.426 e. The molecule has 0 atom stereocenters. The Morgan fingerprint density at radius 1 is 0.417 bits per heavy atom. The first-order valence-electron chi connectivity index (χ1n) is 16.3. The van der Waals surface area contributed by atoms with Crippen LogP contribution in [0.4, 0.5) is 0 Å². The van der Waals surface area contributed by atoms with E-state index in [4.69, 9.17) is 19.4 Å². The molecule has 6 nitrogen and oxygen atoms in total. The highest BCUT2D eigenvalue weighted by Gasteiger charge is 2.32. The first-order valence-corrected chi connectivity index (χ1v) is 16.3. The molecule has 1 aliphatic rings. The Kier molecular flexibility index (Phi) is 9.14. The number of nitrogens with zero attached hydrogens (tertiary/aromatic N) is 2. The molecular formula is C42H34N2O4. The van der Waals surface area contributed by atoms with Crippen LogP contribution in [0.5, 0.6) is 11.5 Å². The standard InChI is InChI=1S/C42H34N2O4/c45-41(47-35-25-37(29-13-5-1-6-14-29)43-38(26-35)30-15-7-2-8-16-30)33-21-23-34(24-22-33)42(46)48-36-27-39(31-17-9-3-10-18-31)44-40(28-36)32-19-11-4-12-20-32/h1-20,25-28,33-34H,21-24H2. The van der Waals surface area contributed by atoms with Crippen LogP contribution in [-0.2, 0) is 9.59 Å². The van der Waals surface area contributed by atoms with Crippen molar-refractivity contribution < 1.29 is 19.1 Å². The summed E-state index contributed by atoms with van der Waals surface area (Å²) in [6.45, 7) is 0. The Balaban J connectivity index is 1.03. The second-order valence-corrected chi connectivity index (χ2v) is 12.0. The summed E-state index contributed by atoms with van der Waals surface area (Å²) in [7, 11) is 0. The summed E-state index contributed by atoms with van der Waals surface area (Å²) in [5.41, 5.74) is 6.67. The second kappa shape index (κ2) is 14.3. The van der Waals surface area contributed by atoms with E-state index in [0.717, 1.165) is 45.0 Å². The summed E-state index contributed by atoms with van der Waals surface area (Å²) >= 11 is 0. The number of pyridine rings is 2. The Labute approximate surface area is 280 Å². The molecule has 0 spiro atoms. The van der Waals surface area contributed by atoms with Crippen LogP contribution >= 0.6 is 0 Å². The van der Waals surface area contributed by atoms with Gasteiger partial charge in [-0.15, -0.1) is 0 Å². The van der Waals surface area contributed by atoms with E-state index in [0.29, 0.717) is 37.2 Å². The van der Waals surface area contributed by atoms with Crippen molar-refractivity contribution in [2.45, 2.75) is 25.7 Å². The van der Waals surface area contributed by atoms with Crippen molar-refractivity contribution in [2.75, 3.05) is 0 Å². The minimum atomic E-state index is -0.308. The van der Waals surface area contributed by atoms with Gasteiger partial charge in [-0.2, -0.15) is 0 Å². The number of hydrogen-bond acceptors (Lipinski definition) is 6. The van der Waals surface area contributed by atoms with Gasteiger partial charge in [-0.1, -0.05) is 121 Å². The van der Waals surface area contributed by atoms with Crippen molar-refractivity contribution in [2.24, 2.45) is 11.8 Å². The molecule has 48 heavy (non-hydrogen) atoms. The highest BCUT2D eigenvalue weighted by Crippen LogP contribution is 2.34. The molecule has 0 saturated heterocycles. The average Bonchev–Trinajstić information content (AvgIpc) is 3.16. The Morgan fingerprint density at radius 3 is 0.917 bits per heavy atom. The van der Waals surface area contributed by atoms with Gasteiger partial charge in [0.2, 0.25) is 0 Å². The van der Waals surface area contributed by atoms with Gasteiger partial charge >= 0.3 is 11.9 Å². The van der Waals surface area contributed by atoms with E-state index in [1.54, 1.807) is 0 Å². The quantitative estimate of drug-likeness (QED) is 0.156. The van der Waals surface area contributed by atoms with Gasteiger partial charge in [0.1, 0.15) is 11.5 Å². The van der Waals surface area contributed by atoms with E-state index in [1.165, 1.54) is 0 Å². The van der Waals surface area contributed by atoms with Gasteiger partial charge in [0.15, 0.2) is 0 Å². The molecule has 0 aliphatic heterocycles. The zero-order chi connectivity index (χ0) is 32.7. The van der Waals surface area contributed by atoms with Gasteiger partial charge in [0.05, 0.1) is 34.6 Å². The van der Waals surface area contributed by atoms with Gasteiger partial charge in [-0.3, -0.25) is 9.59 Å². The van der Waals surface area contributed by atoms with E-state index in [1.807, 2.05) is 146 Å². The summed E-state index contributed by atoms with van der Waals surface area (Å²) in [6, 6.07) is 46.6. The molecule has 0 bridgehead atoms. The third-order valence-corrected chi connectivity index (χ3v) is 8.71. The fraction of sp³-hybridized carbons (Fsp3) is 0.143. The number of carbonyl (C=O) groups is 2. The molecule has 1 aliphatic carbocycles. The van der Waals surface area contributed by atoms with Crippen LogP contribution in [0, 0.1) is 11.8 Å². The Hall–Kier alpha value is -5.88. The first kappa shape index (κ1) is 30.8. The van der Waals surface area contributed by atoms with Crippen LogP contribution in [0.2, 0.25) is 0 Å². The van der Waals surface area contributed by atoms with Crippen molar-refractivity contribution in [3.05, 3.63) is 146 Å².